The molecule has 0 spiro atoms. The van der Waals surface area contributed by atoms with Crippen molar-refractivity contribution >= 4 is 23.6 Å². The first-order chi connectivity index (χ1) is 12.9. The largest absolute Gasteiger partial charge is 0.507 e. The van der Waals surface area contributed by atoms with Crippen molar-refractivity contribution in [2.45, 2.75) is 0 Å². The Morgan fingerprint density at radius 3 is 2.41 bits per heavy atom. The van der Waals surface area contributed by atoms with Gasteiger partial charge in [0.15, 0.2) is 0 Å². The maximum atomic E-state index is 11.7. The smallest absolute Gasteiger partial charge is 0.411 e. The van der Waals surface area contributed by atoms with Crippen molar-refractivity contribution in [1.82, 2.24) is 15.5 Å². The van der Waals surface area contributed by atoms with Crippen LogP contribution < -0.4 is 10.1 Å². The van der Waals surface area contributed by atoms with Gasteiger partial charge in [0, 0.05) is 11.6 Å². The minimum absolute atomic E-state index is 0.0920. The summed E-state index contributed by atoms with van der Waals surface area (Å²) in [7, 11) is 0. The summed E-state index contributed by atoms with van der Waals surface area (Å²) in [6.07, 6.45) is -1.54. The van der Waals surface area contributed by atoms with Gasteiger partial charge in [-0.3, -0.25) is 10.1 Å². The number of phenols is 1. The Morgan fingerprint density at radius 2 is 1.78 bits per heavy atom. The van der Waals surface area contributed by atoms with Gasteiger partial charge in [-0.05, 0) is 30.3 Å². The van der Waals surface area contributed by atoms with Crippen molar-refractivity contribution < 1.29 is 24.5 Å². The molecule has 1 aromatic heterocycles. The Balaban J connectivity index is 1.85. The summed E-state index contributed by atoms with van der Waals surface area (Å²) in [5.74, 6) is -0.572. The molecule has 0 radical (unpaired) electrons. The number of hydrogen-bond acceptors (Lipinski definition) is 6. The molecule has 2 aromatic carbocycles. The highest BCUT2D eigenvalue weighted by Gasteiger charge is 2.18. The molecule has 0 saturated heterocycles. The molecule has 0 saturated carbocycles. The number of nitrogens with one attached hydrogen (secondary N) is 1. The average Bonchev–Trinajstić information content (AvgIpc) is 2.64. The number of halogens is 1. The van der Waals surface area contributed by atoms with Crippen LogP contribution in [-0.4, -0.2) is 32.4 Å². The van der Waals surface area contributed by atoms with E-state index in [1.165, 1.54) is 6.07 Å². The second-order valence-electron chi connectivity index (χ2n) is 5.28. The Bertz CT molecular complexity index is 994. The Hall–Kier alpha value is -3.65. The molecule has 0 aliphatic carbocycles. The topological polar surface area (TPSA) is 122 Å². The minimum Gasteiger partial charge on any atom is -0.507 e. The predicted molar refractivity (Wildman–Crippen MR) is 96.1 cm³/mol. The average molecular weight is 386 g/mol. The summed E-state index contributed by atoms with van der Waals surface area (Å²) >= 11 is 6.15. The number of para-hydroxylation sites is 1. The van der Waals surface area contributed by atoms with Crippen LogP contribution in [0, 0.1) is 0 Å². The van der Waals surface area contributed by atoms with Crippen molar-refractivity contribution in [2.75, 3.05) is 0 Å². The summed E-state index contributed by atoms with van der Waals surface area (Å²) in [6, 6.07) is 14.6. The van der Waals surface area contributed by atoms with Crippen LogP contribution in [-0.2, 0) is 0 Å². The van der Waals surface area contributed by atoms with E-state index in [-0.39, 0.29) is 16.5 Å². The summed E-state index contributed by atoms with van der Waals surface area (Å²) in [4.78, 5) is 22.3. The number of rotatable bonds is 4. The highest BCUT2D eigenvalue weighted by atomic mass is 35.5. The highest BCUT2D eigenvalue weighted by molar-refractivity contribution is 6.33. The van der Waals surface area contributed by atoms with Gasteiger partial charge in [-0.2, -0.15) is 0 Å². The Kier molecular flexibility index (Phi) is 5.18. The molecule has 0 unspecified atom stereocenters. The van der Waals surface area contributed by atoms with Gasteiger partial charge in [-0.1, -0.05) is 29.8 Å². The lowest BCUT2D eigenvalue weighted by molar-refractivity contribution is 0.0945. The van der Waals surface area contributed by atoms with Gasteiger partial charge in [0.1, 0.15) is 11.5 Å². The zero-order valence-electron chi connectivity index (χ0n) is 13.6. The molecule has 0 bridgehead atoms. The second kappa shape index (κ2) is 7.71. The zero-order chi connectivity index (χ0) is 19.4. The van der Waals surface area contributed by atoms with Gasteiger partial charge < -0.3 is 14.9 Å². The van der Waals surface area contributed by atoms with E-state index in [9.17, 15) is 14.7 Å². The number of phenolic OH excluding ortho intramolecular Hbond substituents is 1. The van der Waals surface area contributed by atoms with Gasteiger partial charge >= 0.3 is 6.09 Å². The maximum absolute atomic E-state index is 11.7. The SMILES string of the molecule is O=C(O)NC(=O)c1cc(Cl)c(-c2ccc(Oc3ccccc3)nn2)cc1O. The van der Waals surface area contributed by atoms with Crippen LogP contribution in [0.15, 0.2) is 54.6 Å². The first-order valence-electron chi connectivity index (χ1n) is 7.58. The number of carboxylic acid groups (broad SMARTS) is 1. The van der Waals surface area contributed by atoms with Crippen LogP contribution in [0.4, 0.5) is 4.79 Å². The molecule has 0 aliphatic rings. The zero-order valence-corrected chi connectivity index (χ0v) is 14.3. The second-order valence-corrected chi connectivity index (χ2v) is 5.69. The van der Waals surface area contributed by atoms with Gasteiger partial charge in [0.2, 0.25) is 5.88 Å². The molecule has 0 aliphatic heterocycles. The maximum Gasteiger partial charge on any atom is 0.411 e. The lowest BCUT2D eigenvalue weighted by atomic mass is 10.1. The van der Waals surface area contributed by atoms with Gasteiger partial charge in [0.05, 0.1) is 16.3 Å². The van der Waals surface area contributed by atoms with Crippen LogP contribution >= 0.6 is 11.6 Å². The van der Waals surface area contributed by atoms with Crippen LogP contribution in [0.5, 0.6) is 17.4 Å². The lowest BCUT2D eigenvalue weighted by Gasteiger charge is -2.09. The van der Waals surface area contributed by atoms with Crippen LogP contribution in [0.2, 0.25) is 5.02 Å². The summed E-state index contributed by atoms with van der Waals surface area (Å²) in [6.45, 7) is 0. The van der Waals surface area contributed by atoms with Crippen molar-refractivity contribution in [3.8, 4) is 28.6 Å². The number of nitrogens with zero attached hydrogens (tertiary/aromatic N) is 2. The number of imide groups is 1. The van der Waals surface area contributed by atoms with Crippen LogP contribution in [0.3, 0.4) is 0 Å². The van der Waals surface area contributed by atoms with E-state index in [1.54, 1.807) is 29.6 Å². The summed E-state index contributed by atoms with van der Waals surface area (Å²) < 4.78 is 5.55. The number of ether oxygens (including phenoxy) is 1. The summed E-state index contributed by atoms with van der Waals surface area (Å²) in [5, 5.41) is 28.3. The molecule has 0 atom stereocenters. The number of benzene rings is 2. The van der Waals surface area contributed by atoms with E-state index in [0.717, 1.165) is 6.07 Å². The van der Waals surface area contributed by atoms with E-state index in [4.69, 9.17) is 21.4 Å². The fourth-order valence-corrected chi connectivity index (χ4v) is 2.49. The molecular weight excluding hydrogens is 374 g/mol. The quantitative estimate of drug-likeness (QED) is 0.625. The molecule has 3 aromatic rings. The summed E-state index contributed by atoms with van der Waals surface area (Å²) in [5.41, 5.74) is 0.379. The fraction of sp³-hybridized carbons (Fsp3) is 0. The molecule has 8 nitrogen and oxygen atoms in total. The third-order valence-corrected chi connectivity index (χ3v) is 3.74. The van der Waals surface area contributed by atoms with Crippen LogP contribution in [0.1, 0.15) is 10.4 Å². The standard InChI is InChI=1S/C18H12ClN3O5/c19-13-8-12(17(24)20-18(25)26)15(23)9-11(13)14-6-7-16(22-21-14)27-10-4-2-1-3-5-10/h1-9,23H,(H,20,24)(H,25,26). The number of aromatic nitrogens is 2. The van der Waals surface area contributed by atoms with Crippen molar-refractivity contribution in [3.63, 3.8) is 0 Å². The van der Waals surface area contributed by atoms with Crippen molar-refractivity contribution in [3.05, 3.63) is 65.2 Å². The molecule has 27 heavy (non-hydrogen) atoms. The van der Waals surface area contributed by atoms with E-state index in [2.05, 4.69) is 10.2 Å². The highest BCUT2D eigenvalue weighted by Crippen LogP contribution is 2.33. The van der Waals surface area contributed by atoms with Gasteiger partial charge in [-0.25, -0.2) is 4.79 Å². The van der Waals surface area contributed by atoms with Crippen molar-refractivity contribution in [2.24, 2.45) is 0 Å². The van der Waals surface area contributed by atoms with E-state index in [1.807, 2.05) is 18.2 Å². The Morgan fingerprint density at radius 1 is 1.04 bits per heavy atom. The minimum atomic E-state index is -1.54. The van der Waals surface area contributed by atoms with E-state index in [0.29, 0.717) is 17.0 Å². The fourth-order valence-electron chi connectivity index (χ4n) is 2.23. The molecule has 9 heteroatoms. The molecule has 136 valence electrons. The third-order valence-electron chi connectivity index (χ3n) is 3.43. The number of carbonyl (C=O) groups excluding carboxylic acids is 1. The van der Waals surface area contributed by atoms with Gasteiger partial charge in [-0.15, -0.1) is 10.2 Å². The molecule has 2 amide bonds. The van der Waals surface area contributed by atoms with Crippen LogP contribution in [0.25, 0.3) is 11.3 Å². The lowest BCUT2D eigenvalue weighted by Crippen LogP contribution is -2.28. The monoisotopic (exact) mass is 385 g/mol. The predicted octanol–water partition coefficient (Wildman–Crippen LogP) is 3.70. The number of carbonyl (C=O) groups is 2. The molecule has 1 heterocycles. The van der Waals surface area contributed by atoms with E-state index < -0.39 is 17.7 Å². The molecule has 3 N–H and O–H groups in total. The number of hydrogen-bond donors (Lipinski definition) is 3. The van der Waals surface area contributed by atoms with Gasteiger partial charge in [0.25, 0.3) is 5.91 Å². The Labute approximate surface area is 158 Å². The first kappa shape index (κ1) is 18.2. The van der Waals surface area contributed by atoms with Crippen molar-refractivity contribution in [1.29, 1.82) is 0 Å². The number of amides is 2. The normalized spacial score (nSPS) is 10.3. The molecular formula is C18H12ClN3O5. The first-order valence-corrected chi connectivity index (χ1v) is 7.95. The third kappa shape index (κ3) is 4.31. The molecule has 0 fully saturated rings. The molecule has 3 rings (SSSR count). The van der Waals surface area contributed by atoms with E-state index >= 15 is 0 Å². The number of aromatic hydroxyl groups is 1.